The van der Waals surface area contributed by atoms with E-state index in [-0.39, 0.29) is 6.61 Å². The maximum absolute atomic E-state index is 10.3. The molecule has 5 heteroatoms. The molecule has 0 saturated carbocycles. The van der Waals surface area contributed by atoms with Gasteiger partial charge in [0.2, 0.25) is 0 Å². The molecule has 0 aromatic heterocycles. The van der Waals surface area contributed by atoms with Crippen LogP contribution >= 0.6 is 0 Å². The van der Waals surface area contributed by atoms with Crippen LogP contribution in [0, 0.1) is 5.92 Å². The Bertz CT molecular complexity index is 382. The van der Waals surface area contributed by atoms with Crippen molar-refractivity contribution < 1.29 is 17.2 Å². The van der Waals surface area contributed by atoms with E-state index in [0.29, 0.717) is 12.3 Å². The zero-order valence-electron chi connectivity index (χ0n) is 14.4. The van der Waals surface area contributed by atoms with E-state index in [1.54, 1.807) is 0 Å². The molecule has 0 fully saturated rings. The molecular weight excluding hydrogens is 312 g/mol. The van der Waals surface area contributed by atoms with E-state index in [2.05, 4.69) is 17.3 Å². The van der Waals surface area contributed by atoms with Gasteiger partial charge >= 0.3 is 10.4 Å². The molecule has 0 saturated heterocycles. The molecule has 23 heavy (non-hydrogen) atoms. The zero-order valence-corrected chi connectivity index (χ0v) is 15.2. The van der Waals surface area contributed by atoms with Crippen LogP contribution in [-0.4, -0.2) is 19.6 Å². The Morgan fingerprint density at radius 1 is 0.783 bits per heavy atom. The summed E-state index contributed by atoms with van der Waals surface area (Å²) in [6, 6.07) is 0. The van der Waals surface area contributed by atoms with Gasteiger partial charge < -0.3 is 0 Å². The highest BCUT2D eigenvalue weighted by Gasteiger charge is 2.02. The molecule has 0 heterocycles. The quantitative estimate of drug-likeness (QED) is 0.215. The first-order valence-corrected chi connectivity index (χ1v) is 10.2. The average Bonchev–Trinajstić information content (AvgIpc) is 2.50. The zero-order chi connectivity index (χ0) is 17.4. The fraction of sp³-hybridized carbons (Fsp3) is 0.778. The summed E-state index contributed by atoms with van der Waals surface area (Å²) < 4.78 is 33.3. The Morgan fingerprint density at radius 3 is 1.57 bits per heavy atom. The second-order valence-corrected chi connectivity index (χ2v) is 7.15. The van der Waals surface area contributed by atoms with E-state index in [0.717, 1.165) is 12.8 Å². The third-order valence-electron chi connectivity index (χ3n) is 4.02. The summed E-state index contributed by atoms with van der Waals surface area (Å²) in [6.45, 7) is 7.69. The average molecular weight is 347 g/mol. The second kappa shape index (κ2) is 14.9. The fourth-order valence-corrected chi connectivity index (χ4v) is 2.90. The molecule has 0 unspecified atom stereocenters. The van der Waals surface area contributed by atoms with Crippen LogP contribution in [0.2, 0.25) is 0 Å². The summed E-state index contributed by atoms with van der Waals surface area (Å²) in [5.74, 6) is 0.470. The van der Waals surface area contributed by atoms with Gasteiger partial charge in [-0.3, -0.25) is 4.55 Å². The van der Waals surface area contributed by atoms with E-state index in [1.165, 1.54) is 57.8 Å². The van der Waals surface area contributed by atoms with E-state index in [9.17, 15) is 8.42 Å². The maximum Gasteiger partial charge on any atom is 0.397 e. The van der Waals surface area contributed by atoms with Crippen LogP contribution in [-0.2, 0) is 14.6 Å². The summed E-state index contributed by atoms with van der Waals surface area (Å²) >= 11 is 0. The molecule has 0 rings (SSSR count). The molecule has 4 nitrogen and oxygen atoms in total. The van der Waals surface area contributed by atoms with Crippen LogP contribution in [0.15, 0.2) is 25.3 Å². The molecule has 0 spiro atoms. The van der Waals surface area contributed by atoms with Crippen LogP contribution in [0.1, 0.15) is 77.0 Å². The standard InChI is InChI=1S/C18H34O4S/c1-3-18(4-2)16-14-12-10-8-6-5-7-9-11-13-15-17-22-23(19,20)21/h3-4,18H,1-2,5-17H2,(H,19,20,21). The number of hydrogen-bond acceptors (Lipinski definition) is 3. The van der Waals surface area contributed by atoms with Gasteiger partial charge in [0.05, 0.1) is 6.61 Å². The molecule has 0 bridgehead atoms. The predicted octanol–water partition coefficient (Wildman–Crippen LogP) is 5.48. The molecule has 0 aromatic rings. The summed E-state index contributed by atoms with van der Waals surface area (Å²) in [5, 5.41) is 0. The summed E-state index contributed by atoms with van der Waals surface area (Å²) in [4.78, 5) is 0. The van der Waals surface area contributed by atoms with Crippen LogP contribution in [0.3, 0.4) is 0 Å². The van der Waals surface area contributed by atoms with Crippen molar-refractivity contribution in [1.29, 1.82) is 0 Å². The van der Waals surface area contributed by atoms with Gasteiger partial charge in [-0.25, -0.2) is 4.18 Å². The van der Waals surface area contributed by atoms with E-state index >= 15 is 0 Å². The Balaban J connectivity index is 3.16. The lowest BCUT2D eigenvalue weighted by Crippen LogP contribution is -2.04. The van der Waals surface area contributed by atoms with Crippen molar-refractivity contribution >= 4 is 10.4 Å². The number of hydrogen-bond donors (Lipinski definition) is 1. The smallest absolute Gasteiger partial charge is 0.264 e. The van der Waals surface area contributed by atoms with Gasteiger partial charge in [0.1, 0.15) is 0 Å². The summed E-state index contributed by atoms with van der Waals surface area (Å²) in [6.07, 6.45) is 18.0. The van der Waals surface area contributed by atoms with Crippen molar-refractivity contribution in [1.82, 2.24) is 0 Å². The highest BCUT2D eigenvalue weighted by Crippen LogP contribution is 2.15. The van der Waals surface area contributed by atoms with Crippen LogP contribution in [0.5, 0.6) is 0 Å². The fourth-order valence-electron chi connectivity index (χ4n) is 2.57. The van der Waals surface area contributed by atoms with Gasteiger partial charge in [-0.15, -0.1) is 13.2 Å². The van der Waals surface area contributed by atoms with Crippen molar-refractivity contribution in [3.63, 3.8) is 0 Å². The topological polar surface area (TPSA) is 63.6 Å². The lowest BCUT2D eigenvalue weighted by atomic mass is 10.00. The molecule has 0 aliphatic carbocycles. The number of unbranched alkanes of at least 4 members (excludes halogenated alkanes) is 10. The number of allylic oxidation sites excluding steroid dienone is 2. The van der Waals surface area contributed by atoms with Crippen molar-refractivity contribution in [2.24, 2.45) is 5.92 Å². The van der Waals surface area contributed by atoms with Gasteiger partial charge in [0, 0.05) is 0 Å². The maximum atomic E-state index is 10.3. The molecule has 136 valence electrons. The molecule has 0 radical (unpaired) electrons. The molecule has 0 aromatic carbocycles. The minimum atomic E-state index is -4.26. The van der Waals surface area contributed by atoms with Crippen LogP contribution < -0.4 is 0 Å². The highest BCUT2D eigenvalue weighted by atomic mass is 32.3. The first-order chi connectivity index (χ1) is 11.0. The third-order valence-corrected chi connectivity index (χ3v) is 4.48. The van der Waals surface area contributed by atoms with Gasteiger partial charge in [-0.2, -0.15) is 8.42 Å². The monoisotopic (exact) mass is 346 g/mol. The normalized spacial score (nSPS) is 11.7. The molecule has 0 aliphatic heterocycles. The first kappa shape index (κ1) is 22.4. The van der Waals surface area contributed by atoms with E-state index in [4.69, 9.17) is 4.55 Å². The lowest BCUT2D eigenvalue weighted by Gasteiger charge is -2.06. The van der Waals surface area contributed by atoms with E-state index < -0.39 is 10.4 Å². The highest BCUT2D eigenvalue weighted by molar-refractivity contribution is 7.80. The molecule has 0 aliphatic rings. The van der Waals surface area contributed by atoms with Crippen molar-refractivity contribution in [2.45, 2.75) is 77.0 Å². The van der Waals surface area contributed by atoms with Gasteiger partial charge in [0.25, 0.3) is 0 Å². The lowest BCUT2D eigenvalue weighted by molar-refractivity contribution is 0.261. The summed E-state index contributed by atoms with van der Waals surface area (Å²) in [5.41, 5.74) is 0. The van der Waals surface area contributed by atoms with Gasteiger partial charge in [-0.1, -0.05) is 76.4 Å². The Labute approximate surface area is 143 Å². The molecule has 0 atom stereocenters. The van der Waals surface area contributed by atoms with Crippen molar-refractivity contribution in [2.75, 3.05) is 6.61 Å². The van der Waals surface area contributed by atoms with Crippen LogP contribution in [0.4, 0.5) is 0 Å². The molecular formula is C18H34O4S. The SMILES string of the molecule is C=CC(C=C)CCCCCCCCCCCCCOS(=O)(=O)O. The molecule has 1 N–H and O–H groups in total. The van der Waals surface area contributed by atoms with Crippen LogP contribution in [0.25, 0.3) is 0 Å². The van der Waals surface area contributed by atoms with Gasteiger partial charge in [-0.05, 0) is 18.8 Å². The van der Waals surface area contributed by atoms with Crippen molar-refractivity contribution in [3.05, 3.63) is 25.3 Å². The van der Waals surface area contributed by atoms with Crippen molar-refractivity contribution in [3.8, 4) is 0 Å². The molecule has 0 amide bonds. The minimum absolute atomic E-state index is 0.0808. The van der Waals surface area contributed by atoms with Gasteiger partial charge in [0.15, 0.2) is 0 Å². The number of rotatable bonds is 17. The second-order valence-electron chi connectivity index (χ2n) is 6.06. The first-order valence-electron chi connectivity index (χ1n) is 8.86. The Kier molecular flexibility index (Phi) is 14.5. The van der Waals surface area contributed by atoms with E-state index in [1.807, 2.05) is 12.2 Å². The Hall–Kier alpha value is -0.650. The summed E-state index contributed by atoms with van der Waals surface area (Å²) in [7, 11) is -4.26. The predicted molar refractivity (Wildman–Crippen MR) is 96.8 cm³/mol. The minimum Gasteiger partial charge on any atom is -0.264 e. The Morgan fingerprint density at radius 2 is 1.17 bits per heavy atom. The third kappa shape index (κ3) is 17.5. The largest absolute Gasteiger partial charge is 0.397 e.